The van der Waals surface area contributed by atoms with Gasteiger partial charge in [0, 0.05) is 21.5 Å². The Morgan fingerprint density at radius 3 is 1.28 bits per heavy atom. The molecule has 0 bridgehead atoms. The van der Waals surface area contributed by atoms with Crippen LogP contribution in [-0.2, 0) is 5.41 Å². The molecule has 0 unspecified atom stereocenters. The van der Waals surface area contributed by atoms with Gasteiger partial charge in [0.1, 0.15) is 102 Å². The molecule has 0 saturated carbocycles. The van der Waals surface area contributed by atoms with E-state index in [0.29, 0.717) is 0 Å². The summed E-state index contributed by atoms with van der Waals surface area (Å²) in [4.78, 5) is 2.59. The Balaban J connectivity index is 2.30. The van der Waals surface area contributed by atoms with E-state index in [1.165, 1.54) is 109 Å². The third-order valence-electron chi connectivity index (χ3n) is 10.8. The van der Waals surface area contributed by atoms with Gasteiger partial charge in [-0.15, -0.1) is 21.9 Å². The molecular formula is C28H39B13BrN. The van der Waals surface area contributed by atoms with Crippen LogP contribution in [0.4, 0.5) is 17.1 Å². The maximum absolute atomic E-state index is 4.01. The van der Waals surface area contributed by atoms with Crippen LogP contribution in [0.1, 0.15) is 26.3 Å². The molecular weight excluding hydrogens is 571 g/mol. The fourth-order valence-electron chi connectivity index (χ4n) is 6.86. The second kappa shape index (κ2) is 12.1. The number of anilines is 3. The summed E-state index contributed by atoms with van der Waals surface area (Å²) in [7, 11) is 29.8. The van der Waals surface area contributed by atoms with Crippen molar-refractivity contribution in [2.45, 2.75) is 26.2 Å². The molecule has 1 nitrogen and oxygen atoms in total. The first-order valence-electron chi connectivity index (χ1n) is 15.7. The molecule has 0 aliphatic rings. The summed E-state index contributed by atoms with van der Waals surface area (Å²) in [5.41, 5.74) is 25.5. The normalized spacial score (nSPS) is 11.5. The number of hydrogen-bond donors (Lipinski definition) is 0. The second-order valence-corrected chi connectivity index (χ2v) is 14.8. The van der Waals surface area contributed by atoms with Crippen molar-refractivity contribution in [2.75, 3.05) is 4.90 Å². The molecule has 0 heterocycles. The van der Waals surface area contributed by atoms with Crippen molar-refractivity contribution in [1.82, 2.24) is 0 Å². The molecule has 202 valence electrons. The first-order valence-corrected chi connectivity index (χ1v) is 16.5. The SMILES string of the molecule is Bc1c(B)c(B)c(-c2c(B)c(B)c(B)c(B)c2N(c2ccc(C(C)(C)C)cc2)c2c(B)c(B)c(B)c(Br)c2B)c(B)c1B. The van der Waals surface area contributed by atoms with Crippen molar-refractivity contribution in [3.63, 3.8) is 0 Å². The molecule has 0 atom stereocenters. The lowest BCUT2D eigenvalue weighted by Gasteiger charge is -2.37. The Labute approximate surface area is 281 Å². The van der Waals surface area contributed by atoms with Crippen LogP contribution >= 0.6 is 15.9 Å². The Kier molecular flexibility index (Phi) is 9.51. The fourth-order valence-corrected chi connectivity index (χ4v) is 7.34. The van der Waals surface area contributed by atoms with E-state index in [0.717, 1.165) is 0 Å². The minimum atomic E-state index is 0.0853. The predicted molar refractivity (Wildman–Crippen MR) is 239 cm³/mol. The van der Waals surface area contributed by atoms with Crippen molar-refractivity contribution in [3.05, 3.63) is 34.3 Å². The summed E-state index contributed by atoms with van der Waals surface area (Å²) >= 11 is 4.01. The van der Waals surface area contributed by atoms with Gasteiger partial charge in [-0.3, -0.25) is 0 Å². The average Bonchev–Trinajstić information content (AvgIpc) is 2.97. The lowest BCUT2D eigenvalue weighted by Crippen LogP contribution is -2.57. The van der Waals surface area contributed by atoms with Gasteiger partial charge in [0.15, 0.2) is 0 Å². The highest BCUT2D eigenvalue weighted by molar-refractivity contribution is 9.10. The van der Waals surface area contributed by atoms with Gasteiger partial charge in [0.2, 0.25) is 0 Å². The number of halogens is 1. The topological polar surface area (TPSA) is 3.24 Å². The summed E-state index contributed by atoms with van der Waals surface area (Å²) < 4.78 is 1.19. The molecule has 4 aromatic carbocycles. The summed E-state index contributed by atoms with van der Waals surface area (Å²) in [6.07, 6.45) is 0. The molecule has 0 amide bonds. The second-order valence-electron chi connectivity index (χ2n) is 14.0. The van der Waals surface area contributed by atoms with Crippen molar-refractivity contribution in [3.8, 4) is 11.1 Å². The van der Waals surface area contributed by atoms with Crippen molar-refractivity contribution in [1.29, 1.82) is 0 Å². The molecule has 43 heavy (non-hydrogen) atoms. The zero-order valence-corrected chi connectivity index (χ0v) is 31.2. The van der Waals surface area contributed by atoms with Crippen LogP contribution in [0.15, 0.2) is 28.7 Å². The van der Waals surface area contributed by atoms with Gasteiger partial charge in [0.25, 0.3) is 0 Å². The van der Waals surface area contributed by atoms with E-state index in [9.17, 15) is 0 Å². The van der Waals surface area contributed by atoms with Crippen LogP contribution < -0.4 is 75.9 Å². The third-order valence-corrected chi connectivity index (χ3v) is 12.0. The van der Waals surface area contributed by atoms with E-state index in [4.69, 9.17) is 0 Å². The molecule has 15 heteroatoms. The van der Waals surface area contributed by atoms with E-state index < -0.39 is 0 Å². The monoisotopic (exact) mass is 611 g/mol. The summed E-state index contributed by atoms with van der Waals surface area (Å²) in [6, 6.07) is 9.31. The lowest BCUT2D eigenvalue weighted by molar-refractivity contribution is 0.590. The molecule has 0 fully saturated rings. The minimum Gasteiger partial charge on any atom is -0.312 e. The van der Waals surface area contributed by atoms with Crippen LogP contribution in [-0.4, -0.2) is 102 Å². The van der Waals surface area contributed by atoms with Crippen LogP contribution in [0.3, 0.4) is 0 Å². The molecule has 0 N–H and O–H groups in total. The number of rotatable bonds is 4. The highest BCUT2D eigenvalue weighted by atomic mass is 79.9. The maximum Gasteiger partial charge on any atom is 0.143 e. The summed E-state index contributed by atoms with van der Waals surface area (Å²) in [5, 5.41) is 0. The van der Waals surface area contributed by atoms with Crippen molar-refractivity contribution < 1.29 is 0 Å². The molecule has 0 spiro atoms. The Morgan fingerprint density at radius 1 is 0.442 bits per heavy atom. The van der Waals surface area contributed by atoms with Gasteiger partial charge in [-0.05, 0) is 34.2 Å². The van der Waals surface area contributed by atoms with E-state index in [1.54, 1.807) is 0 Å². The highest BCUT2D eigenvalue weighted by Crippen LogP contribution is 2.37. The van der Waals surface area contributed by atoms with Crippen molar-refractivity contribution >= 4 is 206 Å². The maximum atomic E-state index is 4.01. The molecule has 4 aromatic rings. The van der Waals surface area contributed by atoms with E-state index >= 15 is 0 Å². The molecule has 0 saturated heterocycles. The Bertz CT molecular complexity index is 1740. The van der Waals surface area contributed by atoms with Gasteiger partial charge in [0.05, 0.1) is 0 Å². The van der Waals surface area contributed by atoms with E-state index in [2.05, 4.69) is 168 Å². The highest BCUT2D eigenvalue weighted by Gasteiger charge is 2.29. The Morgan fingerprint density at radius 2 is 0.814 bits per heavy atom. The van der Waals surface area contributed by atoms with E-state index in [1.807, 2.05) is 0 Å². The van der Waals surface area contributed by atoms with Gasteiger partial charge < -0.3 is 4.90 Å². The smallest absolute Gasteiger partial charge is 0.143 e. The average molecular weight is 610 g/mol. The molecule has 0 radical (unpaired) electrons. The Hall–Kier alpha value is -2.00. The van der Waals surface area contributed by atoms with Crippen LogP contribution in [0.2, 0.25) is 0 Å². The molecule has 0 aliphatic carbocycles. The molecule has 0 aliphatic heterocycles. The predicted octanol–water partition coefficient (Wildman–Crippen LogP) is -13.8. The summed E-state index contributed by atoms with van der Waals surface area (Å²) in [5.74, 6) is 0. The number of benzene rings is 4. The zero-order chi connectivity index (χ0) is 32.5. The van der Waals surface area contributed by atoms with Gasteiger partial charge >= 0.3 is 0 Å². The van der Waals surface area contributed by atoms with E-state index in [-0.39, 0.29) is 5.41 Å². The quantitative estimate of drug-likeness (QED) is 0.208. The largest absolute Gasteiger partial charge is 0.312 e. The zero-order valence-electron chi connectivity index (χ0n) is 29.6. The first-order chi connectivity index (χ1) is 19.8. The van der Waals surface area contributed by atoms with Gasteiger partial charge in [-0.25, -0.2) is 0 Å². The first kappa shape index (κ1) is 33.9. The standard InChI is InChI=1S/C28H39B13BrN/c1-28(2,3)8-4-6-9(7-5-8)43(27-23(40)20(37)21(38)25(42)24(27)41)26-11(14(31)17(34)19(36)22(26)39)10-12(29)15(32)18(35)16(33)13(10)30/h4-7H,29-41H2,1-3H3. The molecule has 4 rings (SSSR count). The molecule has 0 aromatic heterocycles. The minimum absolute atomic E-state index is 0.0853. The van der Waals surface area contributed by atoms with Crippen molar-refractivity contribution in [2.24, 2.45) is 0 Å². The van der Waals surface area contributed by atoms with Crippen LogP contribution in [0, 0.1) is 0 Å². The van der Waals surface area contributed by atoms with Crippen LogP contribution in [0.5, 0.6) is 0 Å². The summed E-state index contributed by atoms with van der Waals surface area (Å²) in [6.45, 7) is 6.87. The van der Waals surface area contributed by atoms with Gasteiger partial charge in [-0.1, -0.05) is 98.0 Å². The fraction of sp³-hybridized carbons (Fsp3) is 0.143. The number of hydrogen-bond acceptors (Lipinski definition) is 1. The number of nitrogens with zero attached hydrogens (tertiary/aromatic N) is 1. The third kappa shape index (κ3) is 5.55. The van der Waals surface area contributed by atoms with Gasteiger partial charge in [-0.2, -0.15) is 0 Å². The van der Waals surface area contributed by atoms with Crippen LogP contribution in [0.25, 0.3) is 11.1 Å². The lowest BCUT2D eigenvalue weighted by atomic mass is 9.57.